The molecule has 1 N–H and O–H groups in total. The van der Waals surface area contributed by atoms with Gasteiger partial charge in [0.05, 0.1) is 0 Å². The molecule has 0 radical (unpaired) electrons. The molecule has 2 heteroatoms. The first kappa shape index (κ1) is 6.63. The van der Waals surface area contributed by atoms with Gasteiger partial charge < -0.3 is 5.11 Å². The first-order valence-electron chi connectivity index (χ1n) is 2.20. The minimum atomic E-state index is -1.67. The molecule has 0 amide bonds. The van der Waals surface area contributed by atoms with Crippen LogP contribution in [0.1, 0.15) is 12.8 Å². The van der Waals surface area contributed by atoms with Crippen LogP contribution in [0, 0.1) is 0 Å². The van der Waals surface area contributed by atoms with Gasteiger partial charge in [0, 0.05) is 6.42 Å². The maximum Gasteiger partial charge on any atom is 0.196 e. The molecule has 0 aliphatic carbocycles. The van der Waals surface area contributed by atoms with Crippen molar-refractivity contribution in [2.24, 2.45) is 0 Å². The standard InChI is InChI=1S/C5H9FO/c1-2-3-4-5(6)7/h2,5,7H,1,3-4H2. The summed E-state index contributed by atoms with van der Waals surface area (Å²) in [7, 11) is 0. The fourth-order valence-electron chi connectivity index (χ4n) is 0.255. The number of allylic oxidation sites excluding steroid dienone is 1. The van der Waals surface area contributed by atoms with E-state index in [2.05, 4.69) is 6.58 Å². The summed E-state index contributed by atoms with van der Waals surface area (Å²) in [6, 6.07) is 0. The maximum absolute atomic E-state index is 11.4. The van der Waals surface area contributed by atoms with E-state index in [9.17, 15) is 4.39 Å². The average Bonchev–Trinajstić information content (AvgIpc) is 1.61. The highest BCUT2D eigenvalue weighted by Gasteiger charge is 1.93. The lowest BCUT2D eigenvalue weighted by Crippen LogP contribution is -1.93. The summed E-state index contributed by atoms with van der Waals surface area (Å²) >= 11 is 0. The van der Waals surface area contributed by atoms with E-state index in [1.807, 2.05) is 0 Å². The van der Waals surface area contributed by atoms with Gasteiger partial charge in [0.2, 0.25) is 0 Å². The van der Waals surface area contributed by atoms with E-state index in [0.29, 0.717) is 6.42 Å². The Morgan fingerprint density at radius 2 is 2.43 bits per heavy atom. The highest BCUT2D eigenvalue weighted by Crippen LogP contribution is 1.96. The lowest BCUT2D eigenvalue weighted by Gasteiger charge is -1.92. The van der Waals surface area contributed by atoms with Gasteiger partial charge >= 0.3 is 0 Å². The van der Waals surface area contributed by atoms with Crippen molar-refractivity contribution in [3.8, 4) is 0 Å². The molecule has 0 bridgehead atoms. The molecule has 0 aliphatic heterocycles. The number of hydrogen-bond donors (Lipinski definition) is 1. The molecular formula is C5H9FO. The summed E-state index contributed by atoms with van der Waals surface area (Å²) < 4.78 is 11.4. The molecule has 0 heterocycles. The maximum atomic E-state index is 11.4. The van der Waals surface area contributed by atoms with Crippen LogP contribution in [0.5, 0.6) is 0 Å². The van der Waals surface area contributed by atoms with Gasteiger partial charge in [0.15, 0.2) is 6.36 Å². The topological polar surface area (TPSA) is 20.2 Å². The van der Waals surface area contributed by atoms with Gasteiger partial charge in [0.25, 0.3) is 0 Å². The predicted octanol–water partition coefficient (Wildman–Crippen LogP) is 1.24. The molecule has 0 aliphatic rings. The van der Waals surface area contributed by atoms with E-state index in [1.165, 1.54) is 0 Å². The van der Waals surface area contributed by atoms with Crippen molar-refractivity contribution in [2.75, 3.05) is 0 Å². The molecule has 1 unspecified atom stereocenters. The molecule has 0 saturated carbocycles. The highest BCUT2D eigenvalue weighted by atomic mass is 19.1. The molecule has 42 valence electrons. The van der Waals surface area contributed by atoms with Crippen LogP contribution in [0.4, 0.5) is 4.39 Å². The van der Waals surface area contributed by atoms with E-state index in [1.54, 1.807) is 6.08 Å². The molecule has 0 fully saturated rings. The third kappa shape index (κ3) is 5.63. The van der Waals surface area contributed by atoms with Gasteiger partial charge in [-0.25, -0.2) is 4.39 Å². The van der Waals surface area contributed by atoms with Gasteiger partial charge in [-0.15, -0.1) is 6.58 Å². The molecule has 0 saturated heterocycles. The third-order valence-electron chi connectivity index (χ3n) is 0.609. The summed E-state index contributed by atoms with van der Waals surface area (Å²) in [4.78, 5) is 0. The van der Waals surface area contributed by atoms with Crippen molar-refractivity contribution in [1.82, 2.24) is 0 Å². The Labute approximate surface area is 42.5 Å². The zero-order valence-corrected chi connectivity index (χ0v) is 4.10. The lowest BCUT2D eigenvalue weighted by atomic mass is 10.3. The lowest BCUT2D eigenvalue weighted by molar-refractivity contribution is 0.0356. The third-order valence-corrected chi connectivity index (χ3v) is 0.609. The molecule has 0 aromatic rings. The number of aliphatic hydroxyl groups excluding tert-OH is 1. The van der Waals surface area contributed by atoms with Crippen LogP contribution in [0.25, 0.3) is 0 Å². The molecule has 0 aromatic heterocycles. The fourth-order valence-corrected chi connectivity index (χ4v) is 0.255. The first-order chi connectivity index (χ1) is 3.27. The second-order valence-corrected chi connectivity index (χ2v) is 1.30. The molecule has 0 spiro atoms. The largest absolute Gasteiger partial charge is 0.364 e. The Morgan fingerprint density at radius 1 is 1.86 bits per heavy atom. The monoisotopic (exact) mass is 104 g/mol. The quantitative estimate of drug-likeness (QED) is 0.534. The smallest absolute Gasteiger partial charge is 0.196 e. The summed E-state index contributed by atoms with van der Waals surface area (Å²) in [5, 5.41) is 7.97. The normalized spacial score (nSPS) is 13.4. The van der Waals surface area contributed by atoms with Gasteiger partial charge in [0.1, 0.15) is 0 Å². The average molecular weight is 104 g/mol. The predicted molar refractivity (Wildman–Crippen MR) is 26.5 cm³/mol. The molecule has 1 nitrogen and oxygen atoms in total. The molecule has 7 heavy (non-hydrogen) atoms. The Balaban J connectivity index is 2.81. The van der Waals surface area contributed by atoms with E-state index >= 15 is 0 Å². The summed E-state index contributed by atoms with van der Waals surface area (Å²) in [6.07, 6.45) is 0.613. The molecular weight excluding hydrogens is 95.1 g/mol. The van der Waals surface area contributed by atoms with E-state index in [0.717, 1.165) is 0 Å². The Morgan fingerprint density at radius 3 is 2.57 bits per heavy atom. The van der Waals surface area contributed by atoms with E-state index in [-0.39, 0.29) is 6.42 Å². The summed E-state index contributed by atoms with van der Waals surface area (Å²) in [5.41, 5.74) is 0. The number of halogens is 1. The number of alkyl halides is 1. The number of rotatable bonds is 3. The SMILES string of the molecule is C=CCCC(O)F. The molecule has 0 aromatic carbocycles. The van der Waals surface area contributed by atoms with Crippen LogP contribution >= 0.6 is 0 Å². The van der Waals surface area contributed by atoms with Gasteiger partial charge in [-0.2, -0.15) is 0 Å². The highest BCUT2D eigenvalue weighted by molar-refractivity contribution is 4.65. The Kier molecular flexibility index (Phi) is 3.61. The fraction of sp³-hybridized carbons (Fsp3) is 0.600. The van der Waals surface area contributed by atoms with Crippen LogP contribution in [-0.4, -0.2) is 11.5 Å². The van der Waals surface area contributed by atoms with Crippen molar-refractivity contribution in [3.63, 3.8) is 0 Å². The van der Waals surface area contributed by atoms with Gasteiger partial charge in [-0.1, -0.05) is 6.08 Å². The van der Waals surface area contributed by atoms with E-state index in [4.69, 9.17) is 5.11 Å². The Bertz CT molecular complexity index is 52.0. The van der Waals surface area contributed by atoms with Crippen LogP contribution in [0.3, 0.4) is 0 Å². The van der Waals surface area contributed by atoms with Crippen molar-refractivity contribution in [2.45, 2.75) is 19.2 Å². The summed E-state index contributed by atoms with van der Waals surface area (Å²) in [6.45, 7) is 3.35. The van der Waals surface area contributed by atoms with Crippen molar-refractivity contribution < 1.29 is 9.50 Å². The van der Waals surface area contributed by atoms with Crippen LogP contribution in [0.2, 0.25) is 0 Å². The van der Waals surface area contributed by atoms with Crippen molar-refractivity contribution >= 4 is 0 Å². The van der Waals surface area contributed by atoms with Crippen LogP contribution in [-0.2, 0) is 0 Å². The van der Waals surface area contributed by atoms with Crippen LogP contribution < -0.4 is 0 Å². The summed E-state index contributed by atoms with van der Waals surface area (Å²) in [5.74, 6) is 0. The second-order valence-electron chi connectivity index (χ2n) is 1.30. The van der Waals surface area contributed by atoms with Gasteiger partial charge in [-0.05, 0) is 6.42 Å². The van der Waals surface area contributed by atoms with Crippen molar-refractivity contribution in [1.29, 1.82) is 0 Å². The Hall–Kier alpha value is -0.370. The minimum Gasteiger partial charge on any atom is -0.364 e. The molecule has 1 atom stereocenters. The second kappa shape index (κ2) is 3.81. The van der Waals surface area contributed by atoms with Gasteiger partial charge in [-0.3, -0.25) is 0 Å². The number of hydrogen-bond acceptors (Lipinski definition) is 1. The van der Waals surface area contributed by atoms with Crippen molar-refractivity contribution in [3.05, 3.63) is 12.7 Å². The zero-order valence-electron chi connectivity index (χ0n) is 4.10. The minimum absolute atomic E-state index is 0.170. The first-order valence-corrected chi connectivity index (χ1v) is 2.20. The molecule has 0 rings (SSSR count). The van der Waals surface area contributed by atoms with E-state index < -0.39 is 6.36 Å². The zero-order chi connectivity index (χ0) is 5.70. The van der Waals surface area contributed by atoms with Crippen LogP contribution in [0.15, 0.2) is 12.7 Å². The number of aliphatic hydroxyl groups is 1.